The second kappa shape index (κ2) is 13.2. The molecule has 2 unspecified atom stereocenters. The maximum absolute atomic E-state index is 12.9. The van der Waals surface area contributed by atoms with Crippen LogP contribution < -0.4 is 10.6 Å². The first-order chi connectivity index (χ1) is 14.7. The van der Waals surface area contributed by atoms with Crippen LogP contribution in [-0.4, -0.2) is 67.5 Å². The van der Waals surface area contributed by atoms with Gasteiger partial charge in [-0.05, 0) is 37.2 Å². The molecule has 6 nitrogen and oxygen atoms in total. The normalized spacial score (nSPS) is 17.8. The molecular weight excluding hydrogens is 534 g/mol. The van der Waals surface area contributed by atoms with E-state index in [1.165, 1.54) is 0 Å². The van der Waals surface area contributed by atoms with Crippen molar-refractivity contribution in [1.29, 1.82) is 0 Å². The Morgan fingerprint density at radius 3 is 2.34 bits per heavy atom. The molecule has 1 saturated heterocycles. The van der Waals surface area contributed by atoms with Gasteiger partial charge in [-0.3, -0.25) is 14.7 Å². The number of hydrogen-bond donors (Lipinski definition) is 2. The molecule has 1 aromatic rings. The van der Waals surface area contributed by atoms with Crippen molar-refractivity contribution in [3.63, 3.8) is 0 Å². The summed E-state index contributed by atoms with van der Waals surface area (Å²) in [5, 5.41) is 6.68. The van der Waals surface area contributed by atoms with E-state index >= 15 is 0 Å². The highest BCUT2D eigenvalue weighted by molar-refractivity contribution is 14.0. The molecule has 182 valence electrons. The summed E-state index contributed by atoms with van der Waals surface area (Å²) in [6.45, 7) is 9.34. The number of nitrogens with zero attached hydrogens (tertiary/aromatic N) is 3. The van der Waals surface area contributed by atoms with E-state index in [9.17, 15) is 18.0 Å². The Balaban J connectivity index is 0.00000512. The number of benzene rings is 1. The van der Waals surface area contributed by atoms with Gasteiger partial charge in [0, 0.05) is 39.1 Å². The van der Waals surface area contributed by atoms with E-state index in [0.717, 1.165) is 43.8 Å². The van der Waals surface area contributed by atoms with Crippen molar-refractivity contribution in [3.05, 3.63) is 35.4 Å². The van der Waals surface area contributed by atoms with Crippen molar-refractivity contribution in [2.75, 3.05) is 39.8 Å². The average Bonchev–Trinajstić information content (AvgIpc) is 3.23. The number of rotatable bonds is 8. The van der Waals surface area contributed by atoms with Crippen molar-refractivity contribution < 1.29 is 18.0 Å². The Labute approximate surface area is 206 Å². The lowest BCUT2D eigenvalue weighted by atomic mass is 10.0. The number of alkyl halides is 3. The second-order valence-electron chi connectivity index (χ2n) is 7.63. The molecule has 0 saturated carbocycles. The van der Waals surface area contributed by atoms with Crippen LogP contribution in [0.5, 0.6) is 0 Å². The minimum atomic E-state index is -4.35. The predicted octanol–water partition coefficient (Wildman–Crippen LogP) is 3.88. The van der Waals surface area contributed by atoms with Gasteiger partial charge in [0.25, 0.3) is 0 Å². The standard InChI is InChI=1S/C22H34F3N5O.HI/c1-5-20(31)30-13-12-18(15-30)28-21(26-4)27-14-19(29(6-2)7-3)16-8-10-17(11-9-16)22(23,24)25;/h8-11,18-19H,5-7,12-15H2,1-4H3,(H2,26,27,28);1H. The van der Waals surface area contributed by atoms with Gasteiger partial charge >= 0.3 is 6.18 Å². The van der Waals surface area contributed by atoms with Crippen molar-refractivity contribution >= 4 is 35.8 Å². The third-order valence-electron chi connectivity index (χ3n) is 5.75. The highest BCUT2D eigenvalue weighted by Gasteiger charge is 2.31. The number of carbonyl (C=O) groups excluding carboxylic acids is 1. The molecule has 1 aliphatic heterocycles. The van der Waals surface area contributed by atoms with Crippen LogP contribution in [0.3, 0.4) is 0 Å². The summed E-state index contributed by atoms with van der Waals surface area (Å²) in [7, 11) is 1.68. The molecule has 1 heterocycles. The van der Waals surface area contributed by atoms with E-state index in [2.05, 4.69) is 20.5 Å². The number of nitrogens with one attached hydrogen (secondary N) is 2. The summed E-state index contributed by atoms with van der Waals surface area (Å²) in [5.74, 6) is 0.774. The Morgan fingerprint density at radius 1 is 1.22 bits per heavy atom. The van der Waals surface area contributed by atoms with E-state index in [0.29, 0.717) is 25.5 Å². The molecule has 32 heavy (non-hydrogen) atoms. The molecule has 1 fully saturated rings. The summed E-state index contributed by atoms with van der Waals surface area (Å²) >= 11 is 0. The van der Waals surface area contributed by atoms with Crippen molar-refractivity contribution in [1.82, 2.24) is 20.4 Å². The van der Waals surface area contributed by atoms with Crippen LogP contribution in [0.25, 0.3) is 0 Å². The molecule has 0 bridgehead atoms. The van der Waals surface area contributed by atoms with Crippen molar-refractivity contribution in [2.45, 2.75) is 51.9 Å². The second-order valence-corrected chi connectivity index (χ2v) is 7.63. The monoisotopic (exact) mass is 569 g/mol. The number of likely N-dealkylation sites (N-methyl/N-ethyl adjacent to an activating group) is 1. The lowest BCUT2D eigenvalue weighted by Gasteiger charge is -2.31. The highest BCUT2D eigenvalue weighted by Crippen LogP contribution is 2.30. The summed E-state index contributed by atoms with van der Waals surface area (Å²) in [4.78, 5) is 20.2. The molecule has 1 amide bonds. The van der Waals surface area contributed by atoms with E-state index < -0.39 is 11.7 Å². The zero-order valence-corrected chi connectivity index (χ0v) is 21.5. The summed E-state index contributed by atoms with van der Waals surface area (Å²) < 4.78 is 38.8. The van der Waals surface area contributed by atoms with E-state index in [1.807, 2.05) is 25.7 Å². The first-order valence-electron chi connectivity index (χ1n) is 10.9. The smallest absolute Gasteiger partial charge is 0.354 e. The fourth-order valence-electron chi connectivity index (χ4n) is 3.93. The molecule has 1 aliphatic rings. The quantitative estimate of drug-likeness (QED) is 0.284. The van der Waals surface area contributed by atoms with Gasteiger partial charge in [-0.1, -0.05) is 32.9 Å². The Hall–Kier alpha value is -1.56. The Kier molecular flexibility index (Phi) is 11.8. The fraction of sp³-hybridized carbons (Fsp3) is 0.636. The first kappa shape index (κ1) is 28.5. The van der Waals surface area contributed by atoms with Gasteiger partial charge in [-0.25, -0.2) is 0 Å². The Bertz CT molecular complexity index is 738. The lowest BCUT2D eigenvalue weighted by Crippen LogP contribution is -2.47. The summed E-state index contributed by atoms with van der Waals surface area (Å²) in [5.41, 5.74) is 0.174. The number of aliphatic imine (C=N–C) groups is 1. The lowest BCUT2D eigenvalue weighted by molar-refractivity contribution is -0.137. The number of carbonyl (C=O) groups is 1. The van der Waals surface area contributed by atoms with Crippen LogP contribution in [0, 0.1) is 0 Å². The van der Waals surface area contributed by atoms with E-state index in [-0.39, 0.29) is 42.0 Å². The number of halogens is 4. The van der Waals surface area contributed by atoms with Crippen LogP contribution >= 0.6 is 24.0 Å². The Morgan fingerprint density at radius 2 is 1.84 bits per heavy atom. The van der Waals surface area contributed by atoms with Gasteiger partial charge in [0.05, 0.1) is 11.6 Å². The SMILES string of the molecule is CCC(=O)N1CCC(NC(=NC)NCC(c2ccc(C(F)(F)F)cc2)N(CC)CC)C1.I. The molecule has 10 heteroatoms. The molecule has 1 aromatic carbocycles. The van der Waals surface area contributed by atoms with Crippen LogP contribution in [0.4, 0.5) is 13.2 Å². The van der Waals surface area contributed by atoms with Crippen LogP contribution in [-0.2, 0) is 11.0 Å². The number of likely N-dealkylation sites (tertiary alicyclic amines) is 1. The molecule has 0 radical (unpaired) electrons. The van der Waals surface area contributed by atoms with Crippen LogP contribution in [0.15, 0.2) is 29.3 Å². The fourth-order valence-corrected chi connectivity index (χ4v) is 3.93. The maximum Gasteiger partial charge on any atom is 0.416 e. The van der Waals surface area contributed by atoms with Gasteiger partial charge in [0.15, 0.2) is 5.96 Å². The minimum absolute atomic E-state index is 0. The van der Waals surface area contributed by atoms with Gasteiger partial charge < -0.3 is 15.5 Å². The van der Waals surface area contributed by atoms with E-state index in [4.69, 9.17) is 0 Å². The largest absolute Gasteiger partial charge is 0.416 e. The zero-order chi connectivity index (χ0) is 23.0. The van der Waals surface area contributed by atoms with Crippen molar-refractivity contribution in [3.8, 4) is 0 Å². The van der Waals surface area contributed by atoms with Crippen LogP contribution in [0.2, 0.25) is 0 Å². The highest BCUT2D eigenvalue weighted by atomic mass is 127. The molecule has 0 aliphatic carbocycles. The first-order valence-corrected chi connectivity index (χ1v) is 10.9. The number of amides is 1. The number of hydrogen-bond acceptors (Lipinski definition) is 3. The van der Waals surface area contributed by atoms with Crippen molar-refractivity contribution in [2.24, 2.45) is 4.99 Å². The molecule has 2 atom stereocenters. The topological polar surface area (TPSA) is 60.0 Å². The predicted molar refractivity (Wildman–Crippen MR) is 132 cm³/mol. The molecule has 0 aromatic heterocycles. The molecule has 0 spiro atoms. The third-order valence-corrected chi connectivity index (χ3v) is 5.75. The number of guanidine groups is 1. The van der Waals surface area contributed by atoms with Crippen LogP contribution in [0.1, 0.15) is 50.8 Å². The van der Waals surface area contributed by atoms with Gasteiger partial charge in [-0.15, -0.1) is 24.0 Å². The zero-order valence-electron chi connectivity index (χ0n) is 19.2. The van der Waals surface area contributed by atoms with Gasteiger partial charge in [0.1, 0.15) is 0 Å². The maximum atomic E-state index is 12.9. The van der Waals surface area contributed by atoms with Gasteiger partial charge in [-0.2, -0.15) is 13.2 Å². The van der Waals surface area contributed by atoms with Gasteiger partial charge in [0.2, 0.25) is 5.91 Å². The average molecular weight is 569 g/mol. The molecule has 2 rings (SSSR count). The summed E-state index contributed by atoms with van der Waals surface area (Å²) in [6, 6.07) is 5.40. The third kappa shape index (κ3) is 7.79. The summed E-state index contributed by atoms with van der Waals surface area (Å²) in [6.07, 6.45) is -3.00. The van der Waals surface area contributed by atoms with E-state index in [1.54, 1.807) is 19.2 Å². The molecule has 2 N–H and O–H groups in total. The molecular formula is C22H35F3IN5O. The minimum Gasteiger partial charge on any atom is -0.354 e.